The van der Waals surface area contributed by atoms with Gasteiger partial charge in [-0.15, -0.1) is 0 Å². The molecular formula is C12H18N2O. The van der Waals surface area contributed by atoms with Crippen molar-refractivity contribution in [2.24, 2.45) is 0 Å². The van der Waals surface area contributed by atoms with Gasteiger partial charge in [-0.2, -0.15) is 0 Å². The summed E-state index contributed by atoms with van der Waals surface area (Å²) < 4.78 is 0. The van der Waals surface area contributed by atoms with Crippen molar-refractivity contribution in [3.05, 3.63) is 35.9 Å². The molecule has 1 fully saturated rings. The number of benzene rings is 1. The van der Waals surface area contributed by atoms with Gasteiger partial charge < -0.3 is 10.4 Å². The number of hydrogen-bond donors (Lipinski definition) is 2. The highest BCUT2D eigenvalue weighted by Crippen LogP contribution is 2.11. The van der Waals surface area contributed by atoms with Gasteiger partial charge in [-0.25, -0.2) is 0 Å². The Balaban J connectivity index is 1.94. The van der Waals surface area contributed by atoms with E-state index in [1.807, 2.05) is 18.2 Å². The van der Waals surface area contributed by atoms with E-state index < -0.39 is 0 Å². The Morgan fingerprint density at radius 3 is 2.67 bits per heavy atom. The molecule has 1 saturated heterocycles. The van der Waals surface area contributed by atoms with E-state index in [9.17, 15) is 5.11 Å². The van der Waals surface area contributed by atoms with Crippen molar-refractivity contribution in [3.63, 3.8) is 0 Å². The summed E-state index contributed by atoms with van der Waals surface area (Å²) in [6.07, 6.45) is -0.237. The van der Waals surface area contributed by atoms with Crippen molar-refractivity contribution in [1.82, 2.24) is 10.2 Å². The van der Waals surface area contributed by atoms with Crippen LogP contribution in [-0.2, 0) is 6.54 Å². The van der Waals surface area contributed by atoms with Crippen LogP contribution in [0.5, 0.6) is 0 Å². The van der Waals surface area contributed by atoms with Crippen molar-refractivity contribution in [2.75, 3.05) is 20.1 Å². The fourth-order valence-electron chi connectivity index (χ4n) is 2.09. The Bertz CT molecular complexity index is 302. The zero-order valence-corrected chi connectivity index (χ0v) is 9.06. The molecule has 3 nitrogen and oxygen atoms in total. The number of aliphatic hydroxyl groups excluding tert-OH is 1. The molecule has 1 aliphatic heterocycles. The average molecular weight is 206 g/mol. The van der Waals surface area contributed by atoms with Gasteiger partial charge in [0, 0.05) is 25.7 Å². The Kier molecular flexibility index (Phi) is 3.36. The van der Waals surface area contributed by atoms with E-state index in [4.69, 9.17) is 0 Å². The first-order chi connectivity index (χ1) is 7.27. The normalized spacial score (nSPS) is 26.1. The van der Waals surface area contributed by atoms with E-state index in [1.165, 1.54) is 5.56 Å². The maximum absolute atomic E-state index is 9.73. The zero-order valence-electron chi connectivity index (χ0n) is 9.06. The maximum Gasteiger partial charge on any atom is 0.0831 e. The van der Waals surface area contributed by atoms with Gasteiger partial charge in [0.1, 0.15) is 0 Å². The minimum Gasteiger partial charge on any atom is -0.390 e. The third-order valence-corrected chi connectivity index (χ3v) is 2.99. The van der Waals surface area contributed by atoms with Crippen molar-refractivity contribution < 1.29 is 5.11 Å². The SMILES string of the molecule is CN(Cc1ccccc1)[C@@H]1CNC[C@H]1O. The van der Waals surface area contributed by atoms with Gasteiger partial charge in [0.05, 0.1) is 6.10 Å². The lowest BCUT2D eigenvalue weighted by molar-refractivity contribution is 0.0955. The lowest BCUT2D eigenvalue weighted by Gasteiger charge is -2.26. The molecule has 2 N–H and O–H groups in total. The van der Waals surface area contributed by atoms with Crippen LogP contribution in [-0.4, -0.2) is 42.3 Å². The second-order valence-corrected chi connectivity index (χ2v) is 4.19. The van der Waals surface area contributed by atoms with Gasteiger partial charge in [0.2, 0.25) is 0 Å². The average Bonchev–Trinajstić information content (AvgIpc) is 2.66. The van der Waals surface area contributed by atoms with Crippen molar-refractivity contribution in [2.45, 2.75) is 18.7 Å². The molecule has 0 aliphatic carbocycles. The van der Waals surface area contributed by atoms with E-state index in [1.54, 1.807) is 0 Å². The van der Waals surface area contributed by atoms with Crippen LogP contribution >= 0.6 is 0 Å². The summed E-state index contributed by atoms with van der Waals surface area (Å²) in [4.78, 5) is 2.21. The van der Waals surface area contributed by atoms with Gasteiger partial charge in [0.15, 0.2) is 0 Å². The van der Waals surface area contributed by atoms with Gasteiger partial charge in [-0.3, -0.25) is 4.90 Å². The van der Waals surface area contributed by atoms with Crippen LogP contribution in [0.2, 0.25) is 0 Å². The molecule has 2 rings (SSSR count). The van der Waals surface area contributed by atoms with Gasteiger partial charge in [-0.05, 0) is 12.6 Å². The second-order valence-electron chi connectivity index (χ2n) is 4.19. The van der Waals surface area contributed by atoms with Gasteiger partial charge in [0.25, 0.3) is 0 Å². The van der Waals surface area contributed by atoms with Crippen molar-refractivity contribution in [3.8, 4) is 0 Å². The molecule has 0 amide bonds. The van der Waals surface area contributed by atoms with Crippen LogP contribution in [0.3, 0.4) is 0 Å². The molecule has 0 spiro atoms. The zero-order chi connectivity index (χ0) is 10.7. The largest absolute Gasteiger partial charge is 0.390 e. The second kappa shape index (κ2) is 4.75. The fourth-order valence-corrected chi connectivity index (χ4v) is 2.09. The Hall–Kier alpha value is -0.900. The van der Waals surface area contributed by atoms with Crippen LogP contribution in [0.1, 0.15) is 5.56 Å². The van der Waals surface area contributed by atoms with E-state index in [0.29, 0.717) is 6.54 Å². The standard InChI is InChI=1S/C12H18N2O/c1-14(11-7-13-8-12(11)15)9-10-5-3-2-4-6-10/h2-6,11-13,15H,7-9H2,1H3/t11-,12-/m1/s1. The van der Waals surface area contributed by atoms with E-state index in [-0.39, 0.29) is 12.1 Å². The van der Waals surface area contributed by atoms with Crippen molar-refractivity contribution >= 4 is 0 Å². The molecule has 0 unspecified atom stereocenters. The fraction of sp³-hybridized carbons (Fsp3) is 0.500. The summed E-state index contributed by atoms with van der Waals surface area (Å²) in [6, 6.07) is 10.6. The van der Waals surface area contributed by atoms with E-state index in [0.717, 1.165) is 13.1 Å². The molecule has 1 heterocycles. The number of aliphatic hydroxyl groups is 1. The summed E-state index contributed by atoms with van der Waals surface area (Å²) in [5, 5.41) is 12.9. The number of rotatable bonds is 3. The Morgan fingerprint density at radius 1 is 1.33 bits per heavy atom. The number of hydrogen-bond acceptors (Lipinski definition) is 3. The maximum atomic E-state index is 9.73. The third kappa shape index (κ3) is 2.56. The molecule has 0 saturated carbocycles. The van der Waals surface area contributed by atoms with Crippen LogP contribution in [0.25, 0.3) is 0 Å². The topological polar surface area (TPSA) is 35.5 Å². The van der Waals surface area contributed by atoms with Crippen LogP contribution < -0.4 is 5.32 Å². The minimum atomic E-state index is -0.237. The van der Waals surface area contributed by atoms with Crippen LogP contribution in [0.15, 0.2) is 30.3 Å². The number of likely N-dealkylation sites (N-methyl/N-ethyl adjacent to an activating group) is 1. The smallest absolute Gasteiger partial charge is 0.0831 e. The predicted molar refractivity (Wildman–Crippen MR) is 60.6 cm³/mol. The third-order valence-electron chi connectivity index (χ3n) is 2.99. The summed E-state index contributed by atoms with van der Waals surface area (Å²) >= 11 is 0. The van der Waals surface area contributed by atoms with Gasteiger partial charge in [-0.1, -0.05) is 30.3 Å². The Labute approximate surface area is 90.7 Å². The lowest BCUT2D eigenvalue weighted by atomic mass is 10.1. The van der Waals surface area contributed by atoms with Gasteiger partial charge >= 0.3 is 0 Å². The molecule has 1 aliphatic rings. The molecule has 82 valence electrons. The highest BCUT2D eigenvalue weighted by Gasteiger charge is 2.28. The molecule has 0 aromatic heterocycles. The molecule has 1 aromatic carbocycles. The first kappa shape index (κ1) is 10.6. The van der Waals surface area contributed by atoms with Crippen LogP contribution in [0.4, 0.5) is 0 Å². The van der Waals surface area contributed by atoms with Crippen LogP contribution in [0, 0.1) is 0 Å². The molecule has 0 bridgehead atoms. The monoisotopic (exact) mass is 206 g/mol. The number of β-amino-alcohol motifs (C(OH)–C–C–N with tert-alkyl or cyclic N) is 1. The summed E-state index contributed by atoms with van der Waals surface area (Å²) in [5.41, 5.74) is 1.29. The summed E-state index contributed by atoms with van der Waals surface area (Å²) in [7, 11) is 2.06. The predicted octanol–water partition coefficient (Wildman–Crippen LogP) is 0.451. The highest BCUT2D eigenvalue weighted by atomic mass is 16.3. The summed E-state index contributed by atoms with van der Waals surface area (Å²) in [6.45, 7) is 2.48. The first-order valence-electron chi connectivity index (χ1n) is 5.40. The van der Waals surface area contributed by atoms with E-state index in [2.05, 4.69) is 29.4 Å². The molecule has 2 atom stereocenters. The number of nitrogens with zero attached hydrogens (tertiary/aromatic N) is 1. The molecule has 1 aromatic rings. The minimum absolute atomic E-state index is 0.237. The molecule has 3 heteroatoms. The van der Waals surface area contributed by atoms with E-state index >= 15 is 0 Å². The first-order valence-corrected chi connectivity index (χ1v) is 5.40. The molecule has 15 heavy (non-hydrogen) atoms. The lowest BCUT2D eigenvalue weighted by Crippen LogP contribution is -2.40. The summed E-state index contributed by atoms with van der Waals surface area (Å²) in [5.74, 6) is 0. The highest BCUT2D eigenvalue weighted by molar-refractivity contribution is 5.14. The Morgan fingerprint density at radius 2 is 2.07 bits per heavy atom. The number of nitrogens with one attached hydrogen (secondary N) is 1. The molecular weight excluding hydrogens is 188 g/mol. The molecule has 0 radical (unpaired) electrons. The quantitative estimate of drug-likeness (QED) is 0.754. The van der Waals surface area contributed by atoms with Crippen molar-refractivity contribution in [1.29, 1.82) is 0 Å².